The molecule has 4 rings (SSSR count). The van der Waals surface area contributed by atoms with Gasteiger partial charge in [-0.25, -0.2) is 9.59 Å². The Labute approximate surface area is 179 Å². The number of esters is 1. The Balaban J connectivity index is 1.57. The number of hydrogen-bond acceptors (Lipinski definition) is 5. The van der Waals surface area contributed by atoms with Crippen molar-refractivity contribution >= 4 is 23.9 Å². The number of rotatable bonds is 7. The standard InChI is InChI=1S/C24H21NO6/c26-19-14-20-25(19)21(24(29)30-15-17-10-5-2-6-11-17)22(31-20)18(23(27)28)13-7-12-16-8-3-1-4-9-16/h1-12,20-21H,13-15H2,(H,27,28)/b12-7+,22-18+/t20-,21?/m1/s1. The number of hydrogen-bond donors (Lipinski definition) is 1. The fraction of sp³-hybridized carbons (Fsp3) is 0.208. The van der Waals surface area contributed by atoms with Gasteiger partial charge in [0.25, 0.3) is 0 Å². The number of carbonyl (C=O) groups excluding carboxylic acids is 2. The lowest BCUT2D eigenvalue weighted by Crippen LogP contribution is -2.55. The molecule has 2 heterocycles. The van der Waals surface area contributed by atoms with Crippen molar-refractivity contribution in [2.75, 3.05) is 0 Å². The molecule has 7 nitrogen and oxygen atoms in total. The smallest absolute Gasteiger partial charge is 0.337 e. The molecule has 0 bridgehead atoms. The zero-order chi connectivity index (χ0) is 21.8. The second-order valence-corrected chi connectivity index (χ2v) is 7.24. The van der Waals surface area contributed by atoms with Crippen molar-refractivity contribution in [2.24, 2.45) is 0 Å². The first-order valence-electron chi connectivity index (χ1n) is 9.91. The number of carboxylic acid groups (broad SMARTS) is 1. The number of carbonyl (C=O) groups is 3. The molecule has 1 amide bonds. The van der Waals surface area contributed by atoms with E-state index in [9.17, 15) is 19.5 Å². The van der Waals surface area contributed by atoms with Gasteiger partial charge in [-0.05, 0) is 11.1 Å². The Kier molecular flexibility index (Phi) is 5.84. The number of fused-ring (bicyclic) bond motifs is 1. The highest BCUT2D eigenvalue weighted by molar-refractivity contribution is 5.95. The molecule has 2 aliphatic rings. The Morgan fingerprint density at radius 3 is 2.42 bits per heavy atom. The maximum atomic E-state index is 12.8. The first-order valence-corrected chi connectivity index (χ1v) is 9.91. The molecule has 1 N–H and O–H groups in total. The minimum absolute atomic E-state index is 0.0203. The number of amides is 1. The summed E-state index contributed by atoms with van der Waals surface area (Å²) in [5, 5.41) is 9.77. The predicted molar refractivity (Wildman–Crippen MR) is 111 cm³/mol. The highest BCUT2D eigenvalue weighted by atomic mass is 16.6. The molecule has 1 unspecified atom stereocenters. The molecule has 2 saturated heterocycles. The molecule has 2 aliphatic heterocycles. The van der Waals surface area contributed by atoms with E-state index < -0.39 is 24.2 Å². The number of aliphatic carboxylic acids is 1. The fourth-order valence-electron chi connectivity index (χ4n) is 3.58. The van der Waals surface area contributed by atoms with Crippen molar-refractivity contribution in [2.45, 2.75) is 31.7 Å². The van der Waals surface area contributed by atoms with Crippen molar-refractivity contribution in [1.82, 2.24) is 4.90 Å². The largest absolute Gasteiger partial charge is 0.478 e. The van der Waals surface area contributed by atoms with Crippen molar-refractivity contribution < 1.29 is 29.0 Å². The molecule has 2 aromatic carbocycles. The van der Waals surface area contributed by atoms with Crippen molar-refractivity contribution in [3.05, 3.63) is 89.2 Å². The molecule has 0 spiro atoms. The third-order valence-corrected chi connectivity index (χ3v) is 5.17. The number of nitrogens with zero attached hydrogens (tertiary/aromatic N) is 1. The fourth-order valence-corrected chi connectivity index (χ4v) is 3.58. The number of carboxylic acids is 1. The van der Waals surface area contributed by atoms with Gasteiger partial charge >= 0.3 is 11.9 Å². The molecule has 0 saturated carbocycles. The summed E-state index contributed by atoms with van der Waals surface area (Å²) < 4.78 is 11.1. The monoisotopic (exact) mass is 419 g/mol. The van der Waals surface area contributed by atoms with E-state index in [0.29, 0.717) is 0 Å². The maximum Gasteiger partial charge on any atom is 0.337 e. The van der Waals surface area contributed by atoms with Crippen LogP contribution in [0.4, 0.5) is 0 Å². The Morgan fingerprint density at radius 1 is 1.10 bits per heavy atom. The summed E-state index contributed by atoms with van der Waals surface area (Å²) in [6.07, 6.45) is 3.00. The average Bonchev–Trinajstić information content (AvgIpc) is 3.08. The van der Waals surface area contributed by atoms with E-state index in [-0.39, 0.29) is 36.7 Å². The van der Waals surface area contributed by atoms with E-state index in [1.54, 1.807) is 12.2 Å². The van der Waals surface area contributed by atoms with E-state index in [1.165, 1.54) is 4.90 Å². The van der Waals surface area contributed by atoms with Crippen LogP contribution in [0.5, 0.6) is 0 Å². The van der Waals surface area contributed by atoms with E-state index in [1.807, 2.05) is 60.7 Å². The normalized spacial score (nSPS) is 21.3. The van der Waals surface area contributed by atoms with E-state index >= 15 is 0 Å². The molecule has 158 valence electrons. The lowest BCUT2D eigenvalue weighted by Gasteiger charge is -2.33. The summed E-state index contributed by atoms with van der Waals surface area (Å²) in [5.41, 5.74) is 1.63. The Morgan fingerprint density at radius 2 is 1.77 bits per heavy atom. The predicted octanol–water partition coefficient (Wildman–Crippen LogP) is 3.13. The van der Waals surface area contributed by atoms with Crippen LogP contribution in [0.3, 0.4) is 0 Å². The van der Waals surface area contributed by atoms with Crippen LogP contribution in [0, 0.1) is 0 Å². The second kappa shape index (κ2) is 8.87. The Bertz CT molecular complexity index is 1040. The summed E-state index contributed by atoms with van der Waals surface area (Å²) in [6, 6.07) is 17.4. The highest BCUT2D eigenvalue weighted by Gasteiger charge is 2.55. The van der Waals surface area contributed by atoms with Crippen LogP contribution in [0.2, 0.25) is 0 Å². The summed E-state index contributed by atoms with van der Waals surface area (Å²) in [6.45, 7) is 0.0203. The van der Waals surface area contributed by atoms with Gasteiger partial charge in [-0.3, -0.25) is 9.69 Å². The zero-order valence-corrected chi connectivity index (χ0v) is 16.6. The molecular weight excluding hydrogens is 398 g/mol. The highest BCUT2D eigenvalue weighted by Crippen LogP contribution is 2.39. The van der Waals surface area contributed by atoms with Crippen LogP contribution in [-0.4, -0.2) is 40.1 Å². The van der Waals surface area contributed by atoms with Crippen LogP contribution >= 0.6 is 0 Å². The lowest BCUT2D eigenvalue weighted by atomic mass is 10.0. The van der Waals surface area contributed by atoms with Crippen LogP contribution in [0.1, 0.15) is 24.0 Å². The lowest BCUT2D eigenvalue weighted by molar-refractivity contribution is -0.166. The quantitative estimate of drug-likeness (QED) is 0.421. The van der Waals surface area contributed by atoms with Gasteiger partial charge in [0.15, 0.2) is 12.3 Å². The number of benzene rings is 2. The van der Waals surface area contributed by atoms with E-state index in [2.05, 4.69) is 0 Å². The number of ether oxygens (including phenoxy) is 2. The minimum atomic E-state index is -1.21. The van der Waals surface area contributed by atoms with Gasteiger partial charge in [0.1, 0.15) is 12.4 Å². The Hall–Kier alpha value is -3.87. The van der Waals surface area contributed by atoms with Crippen LogP contribution in [0.25, 0.3) is 6.08 Å². The molecule has 31 heavy (non-hydrogen) atoms. The molecule has 7 heteroatoms. The molecule has 0 aromatic heterocycles. The molecule has 2 aromatic rings. The first-order chi connectivity index (χ1) is 15.0. The van der Waals surface area contributed by atoms with Gasteiger partial charge < -0.3 is 14.6 Å². The minimum Gasteiger partial charge on any atom is -0.478 e. The summed E-state index contributed by atoms with van der Waals surface area (Å²) in [4.78, 5) is 38.2. The van der Waals surface area contributed by atoms with Crippen LogP contribution in [0.15, 0.2) is 78.1 Å². The van der Waals surface area contributed by atoms with Gasteiger partial charge in [0, 0.05) is 6.42 Å². The van der Waals surface area contributed by atoms with E-state index in [4.69, 9.17) is 9.47 Å². The van der Waals surface area contributed by atoms with E-state index in [0.717, 1.165) is 11.1 Å². The van der Waals surface area contributed by atoms with Crippen molar-refractivity contribution in [1.29, 1.82) is 0 Å². The molecule has 0 aliphatic carbocycles. The molecule has 0 radical (unpaired) electrons. The molecular formula is C24H21NO6. The first kappa shape index (κ1) is 20.4. The van der Waals surface area contributed by atoms with Crippen LogP contribution in [-0.2, 0) is 30.5 Å². The van der Waals surface area contributed by atoms with Gasteiger partial charge in [0.05, 0.1) is 12.0 Å². The average molecular weight is 419 g/mol. The second-order valence-electron chi connectivity index (χ2n) is 7.24. The summed E-state index contributed by atoms with van der Waals surface area (Å²) in [7, 11) is 0. The van der Waals surface area contributed by atoms with Crippen LogP contribution < -0.4 is 0 Å². The number of allylic oxidation sites excluding steroid dienone is 1. The number of β-lactam (4-membered cyclic amide) rings is 1. The molecule has 2 atom stereocenters. The zero-order valence-electron chi connectivity index (χ0n) is 16.6. The van der Waals surface area contributed by atoms with Crippen molar-refractivity contribution in [3.8, 4) is 0 Å². The summed E-state index contributed by atoms with van der Waals surface area (Å²) >= 11 is 0. The van der Waals surface area contributed by atoms with Gasteiger partial charge in [-0.15, -0.1) is 0 Å². The molecule has 2 fully saturated rings. The third-order valence-electron chi connectivity index (χ3n) is 5.17. The van der Waals surface area contributed by atoms with Gasteiger partial charge in [-0.1, -0.05) is 72.8 Å². The summed E-state index contributed by atoms with van der Waals surface area (Å²) in [5.74, 6) is -2.21. The third kappa shape index (κ3) is 4.35. The van der Waals surface area contributed by atoms with Gasteiger partial charge in [0.2, 0.25) is 5.91 Å². The maximum absolute atomic E-state index is 12.8. The van der Waals surface area contributed by atoms with Gasteiger partial charge in [-0.2, -0.15) is 0 Å². The van der Waals surface area contributed by atoms with Crippen molar-refractivity contribution in [3.63, 3.8) is 0 Å². The SMILES string of the molecule is O=C(O)/C(C/C=C/c1ccccc1)=C1/O[C@@H]2CC(=O)N2C1C(=O)OCc1ccccc1. The topological polar surface area (TPSA) is 93.1 Å².